The van der Waals surface area contributed by atoms with Crippen LogP contribution >= 0.6 is 0 Å². The summed E-state index contributed by atoms with van der Waals surface area (Å²) < 4.78 is 24.0. The second kappa shape index (κ2) is 4.49. The lowest BCUT2D eigenvalue weighted by Crippen LogP contribution is -2.26. The SMILES string of the molecule is Nc1ccc(F)c(OC2CCOCC2)c1. The van der Waals surface area contributed by atoms with Gasteiger partial charge in [0.1, 0.15) is 6.10 Å². The van der Waals surface area contributed by atoms with Crippen molar-refractivity contribution in [3.05, 3.63) is 24.0 Å². The van der Waals surface area contributed by atoms with E-state index in [2.05, 4.69) is 0 Å². The van der Waals surface area contributed by atoms with Gasteiger partial charge in [0.25, 0.3) is 0 Å². The van der Waals surface area contributed by atoms with Gasteiger partial charge in [0.15, 0.2) is 11.6 Å². The van der Waals surface area contributed by atoms with Crippen LogP contribution in [0.25, 0.3) is 0 Å². The van der Waals surface area contributed by atoms with Gasteiger partial charge >= 0.3 is 0 Å². The van der Waals surface area contributed by atoms with Crippen molar-refractivity contribution in [2.24, 2.45) is 0 Å². The van der Waals surface area contributed by atoms with E-state index >= 15 is 0 Å². The third-order valence-corrected chi connectivity index (χ3v) is 2.42. The Balaban J connectivity index is 2.05. The second-order valence-electron chi connectivity index (χ2n) is 3.62. The van der Waals surface area contributed by atoms with Gasteiger partial charge in [-0.05, 0) is 12.1 Å². The molecule has 15 heavy (non-hydrogen) atoms. The standard InChI is InChI=1S/C11H14FNO2/c12-10-2-1-8(13)7-11(10)15-9-3-5-14-6-4-9/h1-2,7,9H,3-6,13H2. The lowest BCUT2D eigenvalue weighted by atomic mass is 10.1. The number of nitrogens with two attached hydrogens (primary N) is 1. The van der Waals surface area contributed by atoms with Crippen molar-refractivity contribution in [3.63, 3.8) is 0 Å². The topological polar surface area (TPSA) is 44.5 Å². The zero-order valence-electron chi connectivity index (χ0n) is 8.41. The Hall–Kier alpha value is -1.29. The van der Waals surface area contributed by atoms with E-state index in [-0.39, 0.29) is 17.7 Å². The molecule has 0 unspecified atom stereocenters. The van der Waals surface area contributed by atoms with Gasteiger partial charge in [-0.3, -0.25) is 0 Å². The van der Waals surface area contributed by atoms with Gasteiger partial charge in [-0.25, -0.2) is 4.39 Å². The van der Waals surface area contributed by atoms with Crippen LogP contribution in [-0.2, 0) is 4.74 Å². The number of ether oxygens (including phenoxy) is 2. The van der Waals surface area contributed by atoms with Gasteiger partial charge in [0.2, 0.25) is 0 Å². The summed E-state index contributed by atoms with van der Waals surface area (Å²) in [5.41, 5.74) is 6.07. The fourth-order valence-corrected chi connectivity index (χ4v) is 1.58. The Labute approximate surface area is 88.0 Å². The maximum absolute atomic E-state index is 13.3. The first-order valence-electron chi connectivity index (χ1n) is 5.05. The van der Waals surface area contributed by atoms with Gasteiger partial charge in [-0.15, -0.1) is 0 Å². The fraction of sp³-hybridized carbons (Fsp3) is 0.455. The zero-order chi connectivity index (χ0) is 10.7. The molecule has 1 aromatic carbocycles. The number of rotatable bonds is 2. The van der Waals surface area contributed by atoms with Crippen LogP contribution in [0.5, 0.6) is 5.75 Å². The molecule has 3 nitrogen and oxygen atoms in total. The zero-order valence-corrected chi connectivity index (χ0v) is 8.41. The highest BCUT2D eigenvalue weighted by Gasteiger charge is 2.16. The van der Waals surface area contributed by atoms with Crippen molar-refractivity contribution in [2.45, 2.75) is 18.9 Å². The summed E-state index contributed by atoms with van der Waals surface area (Å²) in [7, 11) is 0. The normalized spacial score (nSPS) is 17.7. The monoisotopic (exact) mass is 211 g/mol. The molecule has 1 aliphatic heterocycles. The maximum Gasteiger partial charge on any atom is 0.165 e. The van der Waals surface area contributed by atoms with Crippen LogP contribution in [0.1, 0.15) is 12.8 Å². The number of halogens is 1. The molecule has 1 aromatic rings. The largest absolute Gasteiger partial charge is 0.487 e. The fourth-order valence-electron chi connectivity index (χ4n) is 1.58. The highest BCUT2D eigenvalue weighted by atomic mass is 19.1. The minimum Gasteiger partial charge on any atom is -0.487 e. The molecule has 1 saturated heterocycles. The summed E-state index contributed by atoms with van der Waals surface area (Å²) in [6, 6.07) is 4.36. The van der Waals surface area contributed by atoms with E-state index in [1.165, 1.54) is 18.2 Å². The Morgan fingerprint density at radius 2 is 2.07 bits per heavy atom. The predicted octanol–water partition coefficient (Wildman–Crippen LogP) is 1.97. The van der Waals surface area contributed by atoms with Crippen molar-refractivity contribution in [3.8, 4) is 5.75 Å². The molecule has 1 fully saturated rings. The molecule has 1 heterocycles. The van der Waals surface area contributed by atoms with E-state index in [0.29, 0.717) is 18.9 Å². The molecule has 0 amide bonds. The first-order valence-corrected chi connectivity index (χ1v) is 5.05. The smallest absolute Gasteiger partial charge is 0.165 e. The maximum atomic E-state index is 13.3. The molecule has 0 aliphatic carbocycles. The van der Waals surface area contributed by atoms with E-state index in [9.17, 15) is 4.39 Å². The number of nitrogen functional groups attached to an aromatic ring is 1. The molecule has 0 aromatic heterocycles. The third-order valence-electron chi connectivity index (χ3n) is 2.42. The Morgan fingerprint density at radius 3 is 2.80 bits per heavy atom. The van der Waals surface area contributed by atoms with Crippen LogP contribution < -0.4 is 10.5 Å². The lowest BCUT2D eigenvalue weighted by Gasteiger charge is -2.23. The molecule has 0 spiro atoms. The van der Waals surface area contributed by atoms with Crippen molar-refractivity contribution in [1.82, 2.24) is 0 Å². The molecule has 0 atom stereocenters. The summed E-state index contributed by atoms with van der Waals surface area (Å²) >= 11 is 0. The number of benzene rings is 1. The minimum absolute atomic E-state index is 0.0371. The molecular formula is C11H14FNO2. The van der Waals surface area contributed by atoms with Crippen LogP contribution in [0.15, 0.2) is 18.2 Å². The number of anilines is 1. The third kappa shape index (κ3) is 2.59. The van der Waals surface area contributed by atoms with Crippen LogP contribution in [0, 0.1) is 5.82 Å². The molecule has 2 rings (SSSR count). The van der Waals surface area contributed by atoms with Crippen LogP contribution in [0.2, 0.25) is 0 Å². The summed E-state index contributed by atoms with van der Waals surface area (Å²) in [4.78, 5) is 0. The van der Waals surface area contributed by atoms with Crippen LogP contribution in [0.3, 0.4) is 0 Å². The predicted molar refractivity (Wildman–Crippen MR) is 55.3 cm³/mol. The van der Waals surface area contributed by atoms with Crippen molar-refractivity contribution in [2.75, 3.05) is 18.9 Å². The quantitative estimate of drug-likeness (QED) is 0.760. The molecular weight excluding hydrogens is 197 g/mol. The van der Waals surface area contributed by atoms with E-state index in [1.54, 1.807) is 0 Å². The summed E-state index contributed by atoms with van der Waals surface area (Å²) in [6.07, 6.45) is 1.64. The van der Waals surface area contributed by atoms with Gasteiger partial charge < -0.3 is 15.2 Å². The van der Waals surface area contributed by atoms with Gasteiger partial charge in [0, 0.05) is 24.6 Å². The van der Waals surface area contributed by atoms with Crippen molar-refractivity contribution < 1.29 is 13.9 Å². The lowest BCUT2D eigenvalue weighted by molar-refractivity contribution is 0.0240. The Kier molecular flexibility index (Phi) is 3.06. The summed E-state index contributed by atoms with van der Waals surface area (Å²) in [6.45, 7) is 1.35. The summed E-state index contributed by atoms with van der Waals surface area (Å²) in [5.74, 6) is -0.127. The molecule has 2 N–H and O–H groups in total. The molecule has 82 valence electrons. The van der Waals surface area contributed by atoms with Crippen LogP contribution in [-0.4, -0.2) is 19.3 Å². The molecule has 0 radical (unpaired) electrons. The Bertz CT molecular complexity index is 337. The molecule has 0 bridgehead atoms. The Morgan fingerprint density at radius 1 is 1.33 bits per heavy atom. The molecule has 1 aliphatic rings. The average molecular weight is 211 g/mol. The average Bonchev–Trinajstić information content (AvgIpc) is 2.25. The first-order chi connectivity index (χ1) is 7.25. The number of hydrogen-bond acceptors (Lipinski definition) is 3. The van der Waals surface area contributed by atoms with Crippen LogP contribution in [0.4, 0.5) is 10.1 Å². The van der Waals surface area contributed by atoms with Gasteiger partial charge in [-0.2, -0.15) is 0 Å². The van der Waals surface area contributed by atoms with Gasteiger partial charge in [-0.1, -0.05) is 0 Å². The highest BCUT2D eigenvalue weighted by Crippen LogP contribution is 2.23. The molecule has 0 saturated carbocycles. The molecule has 4 heteroatoms. The summed E-state index contributed by atoms with van der Waals surface area (Å²) in [5, 5.41) is 0. The number of hydrogen-bond donors (Lipinski definition) is 1. The van der Waals surface area contributed by atoms with E-state index < -0.39 is 0 Å². The van der Waals surface area contributed by atoms with E-state index in [4.69, 9.17) is 15.2 Å². The van der Waals surface area contributed by atoms with E-state index in [1.807, 2.05) is 0 Å². The first kappa shape index (κ1) is 10.2. The van der Waals surface area contributed by atoms with E-state index in [0.717, 1.165) is 12.8 Å². The van der Waals surface area contributed by atoms with Gasteiger partial charge in [0.05, 0.1) is 13.2 Å². The second-order valence-corrected chi connectivity index (χ2v) is 3.62. The van der Waals surface area contributed by atoms with Crippen molar-refractivity contribution >= 4 is 5.69 Å². The highest BCUT2D eigenvalue weighted by molar-refractivity contribution is 5.44. The van der Waals surface area contributed by atoms with Crippen molar-refractivity contribution in [1.29, 1.82) is 0 Å². The minimum atomic E-state index is -0.365.